The predicted octanol–water partition coefficient (Wildman–Crippen LogP) is 0.235. The van der Waals surface area contributed by atoms with E-state index in [1.54, 1.807) is 0 Å². The largest absolute Gasteiger partial charge is 0.396 e. The van der Waals surface area contributed by atoms with E-state index >= 15 is 0 Å². The average Bonchev–Trinajstić information content (AvgIpc) is 2.96. The molecule has 5 heteroatoms. The van der Waals surface area contributed by atoms with Gasteiger partial charge in [0.05, 0.1) is 18.8 Å². The maximum atomic E-state index is 11.6. The summed E-state index contributed by atoms with van der Waals surface area (Å²) in [5.74, 6) is 0. The van der Waals surface area contributed by atoms with Gasteiger partial charge >= 0.3 is 6.03 Å². The highest BCUT2D eigenvalue weighted by Gasteiger charge is 2.42. The third kappa shape index (κ3) is 2.65. The van der Waals surface area contributed by atoms with Crippen molar-refractivity contribution in [3.8, 4) is 0 Å². The molecule has 0 aromatic carbocycles. The van der Waals surface area contributed by atoms with Gasteiger partial charge in [-0.05, 0) is 26.2 Å². The van der Waals surface area contributed by atoms with Gasteiger partial charge in [0.2, 0.25) is 0 Å². The van der Waals surface area contributed by atoms with E-state index in [0.717, 1.165) is 19.3 Å². The Hall–Kier alpha value is -0.810. The molecule has 2 atom stereocenters. The first-order valence-electron chi connectivity index (χ1n) is 5.92. The molecule has 1 heterocycles. The first-order valence-corrected chi connectivity index (χ1v) is 5.92. The molecule has 2 aliphatic rings. The van der Waals surface area contributed by atoms with Crippen molar-refractivity contribution in [2.75, 3.05) is 19.8 Å². The minimum atomic E-state index is -0.151. The number of aliphatic hydroxyl groups is 1. The summed E-state index contributed by atoms with van der Waals surface area (Å²) in [4.78, 5) is 11.6. The number of nitrogens with one attached hydrogen (secondary N) is 2. The van der Waals surface area contributed by atoms with Crippen molar-refractivity contribution in [3.63, 3.8) is 0 Å². The normalized spacial score (nSPS) is 31.1. The lowest BCUT2D eigenvalue weighted by Gasteiger charge is -2.18. The van der Waals surface area contributed by atoms with Crippen LogP contribution < -0.4 is 10.6 Å². The second-order valence-electron chi connectivity index (χ2n) is 4.96. The predicted molar refractivity (Wildman–Crippen MR) is 59.1 cm³/mol. The number of urea groups is 1. The zero-order valence-corrected chi connectivity index (χ0v) is 9.66. The minimum absolute atomic E-state index is 0.0326. The number of amides is 2. The van der Waals surface area contributed by atoms with Crippen LogP contribution in [-0.2, 0) is 4.74 Å². The van der Waals surface area contributed by atoms with Crippen molar-refractivity contribution in [2.45, 2.75) is 38.3 Å². The molecule has 2 amide bonds. The van der Waals surface area contributed by atoms with E-state index in [9.17, 15) is 4.79 Å². The van der Waals surface area contributed by atoms with Crippen LogP contribution in [0.2, 0.25) is 0 Å². The summed E-state index contributed by atoms with van der Waals surface area (Å²) < 4.78 is 5.36. The van der Waals surface area contributed by atoms with Crippen molar-refractivity contribution in [1.29, 1.82) is 0 Å². The van der Waals surface area contributed by atoms with Gasteiger partial charge < -0.3 is 20.5 Å². The highest BCUT2D eigenvalue weighted by molar-refractivity contribution is 5.74. The molecule has 3 N–H and O–H groups in total. The molecule has 1 aliphatic heterocycles. The lowest BCUT2D eigenvalue weighted by molar-refractivity contribution is 0.114. The van der Waals surface area contributed by atoms with Crippen LogP contribution in [0.5, 0.6) is 0 Å². The van der Waals surface area contributed by atoms with E-state index in [1.807, 2.05) is 6.92 Å². The minimum Gasteiger partial charge on any atom is -0.396 e. The second kappa shape index (κ2) is 4.59. The van der Waals surface area contributed by atoms with Gasteiger partial charge in [0.1, 0.15) is 0 Å². The fourth-order valence-electron chi connectivity index (χ4n) is 1.98. The van der Waals surface area contributed by atoms with Gasteiger partial charge in [-0.15, -0.1) is 0 Å². The summed E-state index contributed by atoms with van der Waals surface area (Å²) in [6, 6.07) is -0.0358. The van der Waals surface area contributed by atoms with Gasteiger partial charge in [0, 0.05) is 18.6 Å². The molecule has 0 aromatic rings. The van der Waals surface area contributed by atoms with Crippen LogP contribution >= 0.6 is 0 Å². The number of aliphatic hydroxyl groups excluding tert-OH is 1. The molecule has 0 bridgehead atoms. The number of hydrogen-bond acceptors (Lipinski definition) is 3. The van der Waals surface area contributed by atoms with Gasteiger partial charge in [-0.1, -0.05) is 0 Å². The third-order valence-corrected chi connectivity index (χ3v) is 3.61. The molecule has 0 spiro atoms. The molecular weight excluding hydrogens is 208 g/mol. The maximum absolute atomic E-state index is 11.6. The Balaban J connectivity index is 1.68. The molecule has 5 nitrogen and oxygen atoms in total. The summed E-state index contributed by atoms with van der Waals surface area (Å²) in [5, 5.41) is 14.8. The Morgan fingerprint density at radius 3 is 2.81 bits per heavy atom. The highest BCUT2D eigenvalue weighted by Crippen LogP contribution is 2.44. The van der Waals surface area contributed by atoms with Gasteiger partial charge in [0.25, 0.3) is 0 Å². The zero-order valence-electron chi connectivity index (χ0n) is 9.66. The molecule has 16 heavy (non-hydrogen) atoms. The summed E-state index contributed by atoms with van der Waals surface area (Å²) in [7, 11) is 0. The van der Waals surface area contributed by atoms with Gasteiger partial charge in [-0.2, -0.15) is 0 Å². The van der Waals surface area contributed by atoms with Gasteiger partial charge in [0.15, 0.2) is 0 Å². The Bertz CT molecular complexity index is 266. The van der Waals surface area contributed by atoms with Crippen molar-refractivity contribution in [2.24, 2.45) is 5.41 Å². The number of rotatable bonds is 4. The Kier molecular flexibility index (Phi) is 3.35. The molecule has 2 unspecified atom stereocenters. The van der Waals surface area contributed by atoms with Crippen LogP contribution in [0.15, 0.2) is 0 Å². The number of hydrogen-bond donors (Lipinski definition) is 3. The SMILES string of the molecule is CC1OCCC1NC(=O)NCC1(CO)CC1. The van der Waals surface area contributed by atoms with E-state index < -0.39 is 0 Å². The van der Waals surface area contributed by atoms with Crippen LogP contribution in [-0.4, -0.2) is 43.0 Å². The van der Waals surface area contributed by atoms with E-state index in [4.69, 9.17) is 9.84 Å². The number of carbonyl (C=O) groups is 1. The number of ether oxygens (including phenoxy) is 1. The molecule has 92 valence electrons. The molecular formula is C11H20N2O3. The highest BCUT2D eigenvalue weighted by atomic mass is 16.5. The van der Waals surface area contributed by atoms with E-state index in [1.165, 1.54) is 0 Å². The molecule has 1 aliphatic carbocycles. The monoisotopic (exact) mass is 228 g/mol. The maximum Gasteiger partial charge on any atom is 0.315 e. The molecule has 1 saturated carbocycles. The third-order valence-electron chi connectivity index (χ3n) is 3.61. The van der Waals surface area contributed by atoms with Crippen LogP contribution in [0.25, 0.3) is 0 Å². The lowest BCUT2D eigenvalue weighted by atomic mass is 10.1. The van der Waals surface area contributed by atoms with Crippen molar-refractivity contribution < 1.29 is 14.6 Å². The fourth-order valence-corrected chi connectivity index (χ4v) is 1.98. The summed E-state index contributed by atoms with van der Waals surface area (Å²) in [6.45, 7) is 3.41. The quantitative estimate of drug-likeness (QED) is 0.645. The zero-order chi connectivity index (χ0) is 11.6. The Morgan fingerprint density at radius 1 is 1.56 bits per heavy atom. The molecule has 0 aromatic heterocycles. The smallest absolute Gasteiger partial charge is 0.315 e. The Labute approximate surface area is 95.5 Å². The molecule has 1 saturated heterocycles. The van der Waals surface area contributed by atoms with Crippen LogP contribution in [0.3, 0.4) is 0 Å². The summed E-state index contributed by atoms with van der Waals surface area (Å²) in [6.07, 6.45) is 2.98. The lowest BCUT2D eigenvalue weighted by Crippen LogP contribution is -2.46. The first kappa shape index (κ1) is 11.7. The first-order chi connectivity index (χ1) is 7.65. The standard InChI is InChI=1S/C11H20N2O3/c1-8-9(2-5-16-8)13-10(15)12-6-11(7-14)3-4-11/h8-9,14H,2-7H2,1H3,(H2,12,13,15). The van der Waals surface area contributed by atoms with Crippen molar-refractivity contribution in [1.82, 2.24) is 10.6 Å². The molecule has 2 fully saturated rings. The van der Waals surface area contributed by atoms with Crippen LogP contribution in [0.1, 0.15) is 26.2 Å². The van der Waals surface area contributed by atoms with Crippen LogP contribution in [0, 0.1) is 5.41 Å². The van der Waals surface area contributed by atoms with Gasteiger partial charge in [-0.25, -0.2) is 4.79 Å². The fraction of sp³-hybridized carbons (Fsp3) is 0.909. The Morgan fingerprint density at radius 2 is 2.31 bits per heavy atom. The van der Waals surface area contributed by atoms with Crippen LogP contribution in [0.4, 0.5) is 4.79 Å². The summed E-state index contributed by atoms with van der Waals surface area (Å²) in [5.41, 5.74) is -0.0326. The summed E-state index contributed by atoms with van der Waals surface area (Å²) >= 11 is 0. The van der Waals surface area contributed by atoms with E-state index in [-0.39, 0.29) is 30.2 Å². The number of carbonyl (C=O) groups excluding carboxylic acids is 1. The van der Waals surface area contributed by atoms with Gasteiger partial charge in [-0.3, -0.25) is 0 Å². The molecule has 0 radical (unpaired) electrons. The van der Waals surface area contributed by atoms with Crippen molar-refractivity contribution in [3.05, 3.63) is 0 Å². The van der Waals surface area contributed by atoms with E-state index in [0.29, 0.717) is 13.2 Å². The van der Waals surface area contributed by atoms with E-state index in [2.05, 4.69) is 10.6 Å². The average molecular weight is 228 g/mol. The topological polar surface area (TPSA) is 70.6 Å². The van der Waals surface area contributed by atoms with Crippen molar-refractivity contribution >= 4 is 6.03 Å². The molecule has 2 rings (SSSR count). The second-order valence-corrected chi connectivity index (χ2v) is 4.96.